The van der Waals surface area contributed by atoms with E-state index in [-0.39, 0.29) is 18.4 Å². The van der Waals surface area contributed by atoms with Gasteiger partial charge in [-0.3, -0.25) is 9.48 Å². The number of carbonyl (C=O) groups is 1. The van der Waals surface area contributed by atoms with Crippen LogP contribution in [0, 0.1) is 18.8 Å². The van der Waals surface area contributed by atoms with E-state index in [9.17, 15) is 9.90 Å². The molecule has 2 N–H and O–H groups in total. The molecule has 5 nitrogen and oxygen atoms in total. The first-order valence-corrected chi connectivity index (χ1v) is 7.72. The smallest absolute Gasteiger partial charge is 0.254 e. The second kappa shape index (κ2) is 7.07. The summed E-state index contributed by atoms with van der Waals surface area (Å²) >= 11 is 0. The number of carbonyl (C=O) groups excluding carboxylic acids is 1. The first-order valence-electron chi connectivity index (χ1n) is 7.72. The van der Waals surface area contributed by atoms with Crippen molar-refractivity contribution < 1.29 is 9.90 Å². The molecule has 1 rings (SSSR count). The second-order valence-corrected chi connectivity index (χ2v) is 6.57. The number of amides is 1. The molecule has 0 spiro atoms. The Morgan fingerprint density at radius 2 is 2.10 bits per heavy atom. The van der Waals surface area contributed by atoms with E-state index in [0.717, 1.165) is 18.7 Å². The molecule has 1 aromatic heterocycles. The fourth-order valence-electron chi connectivity index (χ4n) is 2.17. The molecule has 0 bridgehead atoms. The summed E-state index contributed by atoms with van der Waals surface area (Å²) in [5.41, 5.74) is 0.548. The van der Waals surface area contributed by atoms with E-state index < -0.39 is 5.60 Å². The molecule has 1 amide bonds. The molecule has 2 unspecified atom stereocenters. The predicted molar refractivity (Wildman–Crippen MR) is 84.2 cm³/mol. The van der Waals surface area contributed by atoms with Crippen LogP contribution in [0.15, 0.2) is 6.20 Å². The third kappa shape index (κ3) is 4.56. The van der Waals surface area contributed by atoms with Gasteiger partial charge in [0.15, 0.2) is 0 Å². The van der Waals surface area contributed by atoms with Gasteiger partial charge in [0.1, 0.15) is 0 Å². The fraction of sp³-hybridized carbons (Fsp3) is 0.750. The molecule has 0 aliphatic heterocycles. The van der Waals surface area contributed by atoms with E-state index in [4.69, 9.17) is 0 Å². The quantitative estimate of drug-likeness (QED) is 0.811. The number of nitrogens with zero attached hydrogens (tertiary/aromatic N) is 2. The topological polar surface area (TPSA) is 67.2 Å². The lowest BCUT2D eigenvalue weighted by Gasteiger charge is -2.29. The van der Waals surface area contributed by atoms with Crippen LogP contribution in [0.5, 0.6) is 0 Å². The van der Waals surface area contributed by atoms with E-state index in [0.29, 0.717) is 11.5 Å². The number of hydrogen-bond donors (Lipinski definition) is 2. The Bertz CT molecular complexity index is 478. The molecule has 0 saturated heterocycles. The molecule has 0 aliphatic carbocycles. The van der Waals surface area contributed by atoms with Gasteiger partial charge in [-0.05, 0) is 25.7 Å². The molecular formula is C16H29N3O2. The van der Waals surface area contributed by atoms with E-state index in [2.05, 4.69) is 24.3 Å². The largest absolute Gasteiger partial charge is 0.388 e. The van der Waals surface area contributed by atoms with Gasteiger partial charge in [-0.1, -0.05) is 34.1 Å². The third-order valence-corrected chi connectivity index (χ3v) is 4.17. The molecular weight excluding hydrogens is 266 g/mol. The number of hydrogen-bond acceptors (Lipinski definition) is 3. The Hall–Kier alpha value is -1.36. The molecule has 5 heteroatoms. The Morgan fingerprint density at radius 1 is 1.48 bits per heavy atom. The van der Waals surface area contributed by atoms with Crippen LogP contribution in [0.2, 0.25) is 0 Å². The average molecular weight is 295 g/mol. The van der Waals surface area contributed by atoms with Crippen LogP contribution in [0.1, 0.15) is 57.1 Å². The molecule has 1 aromatic rings. The van der Waals surface area contributed by atoms with Crippen molar-refractivity contribution in [2.24, 2.45) is 11.8 Å². The highest BCUT2D eigenvalue weighted by Gasteiger charge is 2.28. The van der Waals surface area contributed by atoms with Gasteiger partial charge in [-0.2, -0.15) is 5.10 Å². The lowest BCUT2D eigenvalue weighted by atomic mass is 9.88. The van der Waals surface area contributed by atoms with Crippen molar-refractivity contribution >= 4 is 5.91 Å². The zero-order valence-corrected chi connectivity index (χ0v) is 14.1. The van der Waals surface area contributed by atoms with Crippen LogP contribution in [0.3, 0.4) is 0 Å². The summed E-state index contributed by atoms with van der Waals surface area (Å²) in [5.74, 6) is 0.430. The fourth-order valence-corrected chi connectivity index (χ4v) is 2.17. The maximum absolute atomic E-state index is 12.2. The minimum atomic E-state index is -0.897. The Balaban J connectivity index is 2.71. The van der Waals surface area contributed by atoms with E-state index >= 15 is 0 Å². The summed E-state index contributed by atoms with van der Waals surface area (Å²) in [6, 6.07) is 0. The van der Waals surface area contributed by atoms with Crippen LogP contribution in [-0.2, 0) is 6.54 Å². The maximum Gasteiger partial charge on any atom is 0.254 e. The molecule has 0 fully saturated rings. The molecule has 120 valence electrons. The van der Waals surface area contributed by atoms with Gasteiger partial charge in [0.25, 0.3) is 5.91 Å². The summed E-state index contributed by atoms with van der Waals surface area (Å²) in [6.07, 6.45) is 2.47. The lowest BCUT2D eigenvalue weighted by Crippen LogP contribution is -2.45. The highest BCUT2D eigenvalue weighted by atomic mass is 16.3. The number of aliphatic hydroxyl groups is 1. The van der Waals surface area contributed by atoms with Crippen LogP contribution in [-0.4, -0.2) is 32.9 Å². The van der Waals surface area contributed by atoms with Gasteiger partial charge in [0.05, 0.1) is 17.4 Å². The van der Waals surface area contributed by atoms with Gasteiger partial charge in [-0.15, -0.1) is 0 Å². The Labute approximate surface area is 127 Å². The van der Waals surface area contributed by atoms with Crippen molar-refractivity contribution in [3.8, 4) is 0 Å². The Morgan fingerprint density at radius 3 is 2.62 bits per heavy atom. The summed E-state index contributed by atoms with van der Waals surface area (Å²) in [7, 11) is 0. The SMILES string of the molecule is CCC(C)C(C)(O)CNC(=O)c1cnn(CC(C)C)c1C. The van der Waals surface area contributed by atoms with Crippen molar-refractivity contribution in [2.75, 3.05) is 6.54 Å². The van der Waals surface area contributed by atoms with Gasteiger partial charge < -0.3 is 10.4 Å². The highest BCUT2D eigenvalue weighted by molar-refractivity contribution is 5.95. The van der Waals surface area contributed by atoms with Crippen molar-refractivity contribution in [3.05, 3.63) is 17.5 Å². The monoisotopic (exact) mass is 295 g/mol. The summed E-state index contributed by atoms with van der Waals surface area (Å²) in [5, 5.41) is 17.4. The molecule has 2 atom stereocenters. The highest BCUT2D eigenvalue weighted by Crippen LogP contribution is 2.19. The zero-order chi connectivity index (χ0) is 16.2. The van der Waals surface area contributed by atoms with Crippen molar-refractivity contribution in [1.82, 2.24) is 15.1 Å². The number of rotatable bonds is 7. The molecule has 0 aromatic carbocycles. The van der Waals surface area contributed by atoms with Crippen LogP contribution >= 0.6 is 0 Å². The molecule has 0 radical (unpaired) electrons. The van der Waals surface area contributed by atoms with Crippen molar-refractivity contribution in [3.63, 3.8) is 0 Å². The maximum atomic E-state index is 12.2. The first-order chi connectivity index (χ1) is 9.69. The minimum Gasteiger partial charge on any atom is -0.388 e. The lowest BCUT2D eigenvalue weighted by molar-refractivity contribution is 0.00592. The minimum absolute atomic E-state index is 0.127. The van der Waals surface area contributed by atoms with Gasteiger partial charge in [0, 0.05) is 18.8 Å². The Kier molecular flexibility index (Phi) is 5.96. The van der Waals surface area contributed by atoms with Crippen LogP contribution in [0.4, 0.5) is 0 Å². The molecule has 0 aliphatic rings. The van der Waals surface area contributed by atoms with Gasteiger partial charge >= 0.3 is 0 Å². The van der Waals surface area contributed by atoms with Crippen molar-refractivity contribution in [2.45, 2.75) is 60.1 Å². The predicted octanol–water partition coefficient (Wildman–Crippen LogP) is 2.37. The summed E-state index contributed by atoms with van der Waals surface area (Å²) in [4.78, 5) is 12.2. The van der Waals surface area contributed by atoms with Crippen LogP contribution < -0.4 is 5.32 Å². The number of nitrogens with one attached hydrogen (secondary N) is 1. The average Bonchev–Trinajstić information content (AvgIpc) is 2.76. The van der Waals surface area contributed by atoms with Gasteiger partial charge in [0.2, 0.25) is 0 Å². The molecule has 21 heavy (non-hydrogen) atoms. The molecule has 0 saturated carbocycles. The van der Waals surface area contributed by atoms with E-state index in [1.54, 1.807) is 13.1 Å². The summed E-state index contributed by atoms with van der Waals surface area (Å²) in [6.45, 7) is 12.9. The normalized spacial score (nSPS) is 15.8. The third-order valence-electron chi connectivity index (χ3n) is 4.17. The standard InChI is InChI=1S/C16H29N3O2/c1-7-12(4)16(6,21)10-17-15(20)14-8-18-19(13(14)5)9-11(2)3/h8,11-12,21H,7,9-10H2,1-6H3,(H,17,20). The summed E-state index contributed by atoms with van der Waals surface area (Å²) < 4.78 is 1.85. The number of aromatic nitrogens is 2. The molecule has 1 heterocycles. The van der Waals surface area contributed by atoms with Crippen molar-refractivity contribution in [1.29, 1.82) is 0 Å². The van der Waals surface area contributed by atoms with E-state index in [1.807, 2.05) is 25.5 Å². The van der Waals surface area contributed by atoms with Crippen LogP contribution in [0.25, 0.3) is 0 Å². The zero-order valence-electron chi connectivity index (χ0n) is 14.1. The second-order valence-electron chi connectivity index (χ2n) is 6.57. The van der Waals surface area contributed by atoms with Gasteiger partial charge in [-0.25, -0.2) is 0 Å². The van der Waals surface area contributed by atoms with E-state index in [1.165, 1.54) is 0 Å². The first kappa shape index (κ1) is 17.7.